The second kappa shape index (κ2) is 6.95. The first-order valence-electron chi connectivity index (χ1n) is 8.17. The van der Waals surface area contributed by atoms with Gasteiger partial charge >= 0.3 is 0 Å². The van der Waals surface area contributed by atoms with Crippen LogP contribution in [0.4, 0.5) is 5.13 Å². The second-order valence-electron chi connectivity index (χ2n) is 7.20. The van der Waals surface area contributed by atoms with E-state index in [2.05, 4.69) is 29.4 Å². The zero-order chi connectivity index (χ0) is 17.2. The summed E-state index contributed by atoms with van der Waals surface area (Å²) in [5.74, 6) is -0.0714. The Bertz CT molecular complexity index is 579. The van der Waals surface area contributed by atoms with E-state index in [1.165, 1.54) is 11.3 Å². The smallest absolute Gasteiger partial charge is 0.231 e. The van der Waals surface area contributed by atoms with Gasteiger partial charge in [0, 0.05) is 24.4 Å². The molecule has 2 amide bonds. The van der Waals surface area contributed by atoms with E-state index in [4.69, 9.17) is 0 Å². The Balaban J connectivity index is 1.97. The molecular weight excluding hydrogens is 312 g/mol. The van der Waals surface area contributed by atoms with E-state index in [1.807, 2.05) is 20.8 Å². The van der Waals surface area contributed by atoms with Gasteiger partial charge in [-0.15, -0.1) is 10.2 Å². The van der Waals surface area contributed by atoms with Gasteiger partial charge in [0.25, 0.3) is 0 Å². The number of carbonyl (C=O) groups is 2. The summed E-state index contributed by atoms with van der Waals surface area (Å²) in [6.45, 7) is 10.7. The highest BCUT2D eigenvalue weighted by Crippen LogP contribution is 2.29. The maximum absolute atomic E-state index is 12.4. The molecule has 1 fully saturated rings. The number of rotatable bonds is 5. The molecule has 0 saturated carbocycles. The Hall–Kier alpha value is -1.50. The van der Waals surface area contributed by atoms with Crippen LogP contribution in [0, 0.1) is 5.92 Å². The zero-order valence-electron chi connectivity index (χ0n) is 14.5. The third-order valence-corrected chi connectivity index (χ3v) is 5.19. The number of nitrogens with one attached hydrogen (secondary N) is 1. The highest BCUT2D eigenvalue weighted by Gasteiger charge is 2.39. The van der Waals surface area contributed by atoms with Gasteiger partial charge in [0.15, 0.2) is 0 Å². The molecule has 128 valence electrons. The molecule has 23 heavy (non-hydrogen) atoms. The van der Waals surface area contributed by atoms with Crippen molar-refractivity contribution >= 4 is 28.3 Å². The first-order chi connectivity index (χ1) is 10.7. The third kappa shape index (κ3) is 4.28. The van der Waals surface area contributed by atoms with E-state index < -0.39 is 0 Å². The summed E-state index contributed by atoms with van der Waals surface area (Å²) in [5, 5.41) is 12.5. The van der Waals surface area contributed by atoms with Gasteiger partial charge in [0.1, 0.15) is 5.01 Å². The Labute approximate surface area is 141 Å². The van der Waals surface area contributed by atoms with Crippen molar-refractivity contribution in [2.24, 2.45) is 5.92 Å². The molecule has 0 radical (unpaired) electrons. The lowest BCUT2D eigenvalue weighted by Gasteiger charge is -2.31. The van der Waals surface area contributed by atoms with Gasteiger partial charge in [-0.1, -0.05) is 31.6 Å². The predicted molar refractivity (Wildman–Crippen MR) is 91.4 cm³/mol. The fourth-order valence-corrected chi connectivity index (χ4v) is 3.61. The topological polar surface area (TPSA) is 75.2 Å². The molecule has 0 aliphatic carbocycles. The Morgan fingerprint density at radius 3 is 2.70 bits per heavy atom. The molecule has 6 nitrogen and oxygen atoms in total. The van der Waals surface area contributed by atoms with Crippen molar-refractivity contribution in [1.29, 1.82) is 0 Å². The number of anilines is 1. The summed E-state index contributed by atoms with van der Waals surface area (Å²) < 4.78 is 0. The summed E-state index contributed by atoms with van der Waals surface area (Å²) in [6.07, 6.45) is 2.41. The van der Waals surface area contributed by atoms with Crippen LogP contribution < -0.4 is 5.32 Å². The van der Waals surface area contributed by atoms with E-state index in [9.17, 15) is 9.59 Å². The molecule has 0 aromatic carbocycles. The highest BCUT2D eigenvalue weighted by molar-refractivity contribution is 7.15. The molecular formula is C16H26N4O2S. The van der Waals surface area contributed by atoms with Gasteiger partial charge in [-0.05, 0) is 27.2 Å². The first kappa shape index (κ1) is 17.8. The van der Waals surface area contributed by atoms with Gasteiger partial charge < -0.3 is 10.2 Å². The zero-order valence-corrected chi connectivity index (χ0v) is 15.4. The number of likely N-dealkylation sites (tertiary alicyclic amines) is 1. The van der Waals surface area contributed by atoms with Crippen LogP contribution in [-0.2, 0) is 9.59 Å². The fraction of sp³-hybridized carbons (Fsp3) is 0.750. The van der Waals surface area contributed by atoms with E-state index in [1.54, 1.807) is 4.90 Å². The van der Waals surface area contributed by atoms with Crippen LogP contribution in [0.25, 0.3) is 0 Å². The molecule has 2 atom stereocenters. The minimum absolute atomic E-state index is 0.0344. The number of nitrogens with zero attached hydrogens (tertiary/aromatic N) is 3. The minimum Gasteiger partial charge on any atom is -0.337 e. The predicted octanol–water partition coefficient (Wildman–Crippen LogP) is 3.03. The lowest BCUT2D eigenvalue weighted by Crippen LogP contribution is -2.42. The van der Waals surface area contributed by atoms with E-state index in [0.717, 1.165) is 17.8 Å². The fourth-order valence-electron chi connectivity index (χ4n) is 2.78. The molecule has 2 heterocycles. The molecule has 7 heteroatoms. The van der Waals surface area contributed by atoms with Crippen molar-refractivity contribution < 1.29 is 9.59 Å². The third-order valence-electron chi connectivity index (χ3n) is 4.12. The van der Waals surface area contributed by atoms with Crippen molar-refractivity contribution in [1.82, 2.24) is 15.1 Å². The monoisotopic (exact) mass is 338 g/mol. The van der Waals surface area contributed by atoms with Crippen LogP contribution in [0.2, 0.25) is 0 Å². The molecule has 2 unspecified atom stereocenters. The molecule has 1 aliphatic rings. The molecule has 1 aliphatic heterocycles. The normalized spacial score (nSPS) is 20.0. The van der Waals surface area contributed by atoms with E-state index in [-0.39, 0.29) is 29.7 Å². The van der Waals surface area contributed by atoms with Crippen molar-refractivity contribution in [2.75, 3.05) is 11.9 Å². The largest absolute Gasteiger partial charge is 0.337 e. The van der Waals surface area contributed by atoms with Crippen LogP contribution in [0.1, 0.15) is 64.8 Å². The Kier molecular flexibility index (Phi) is 5.39. The summed E-state index contributed by atoms with van der Waals surface area (Å²) in [7, 11) is 0. The quantitative estimate of drug-likeness (QED) is 0.895. The molecule has 0 bridgehead atoms. The van der Waals surface area contributed by atoms with Crippen molar-refractivity contribution in [2.45, 2.75) is 65.3 Å². The van der Waals surface area contributed by atoms with Crippen LogP contribution in [0.15, 0.2) is 0 Å². The molecule has 1 aromatic rings. The van der Waals surface area contributed by atoms with Crippen LogP contribution in [0.3, 0.4) is 0 Å². The number of hydrogen-bond acceptors (Lipinski definition) is 5. The van der Waals surface area contributed by atoms with Crippen molar-refractivity contribution in [3.63, 3.8) is 0 Å². The Morgan fingerprint density at radius 1 is 1.43 bits per heavy atom. The number of hydrogen-bond donors (Lipinski definition) is 1. The van der Waals surface area contributed by atoms with Gasteiger partial charge in [-0.25, -0.2) is 0 Å². The summed E-state index contributed by atoms with van der Waals surface area (Å²) >= 11 is 1.42. The minimum atomic E-state index is -0.317. The average molecular weight is 338 g/mol. The van der Waals surface area contributed by atoms with Gasteiger partial charge in [-0.2, -0.15) is 0 Å². The summed E-state index contributed by atoms with van der Waals surface area (Å²) in [5.41, 5.74) is -0.252. The number of aromatic nitrogens is 2. The van der Waals surface area contributed by atoms with Crippen LogP contribution >= 0.6 is 11.3 Å². The molecule has 1 aromatic heterocycles. The lowest BCUT2D eigenvalue weighted by atomic mass is 10.1. The van der Waals surface area contributed by atoms with E-state index >= 15 is 0 Å². The molecule has 0 spiro atoms. The number of amides is 2. The van der Waals surface area contributed by atoms with Crippen LogP contribution in [-0.4, -0.2) is 39.0 Å². The highest BCUT2D eigenvalue weighted by atomic mass is 32.1. The van der Waals surface area contributed by atoms with Crippen molar-refractivity contribution in [3.8, 4) is 0 Å². The maximum atomic E-state index is 12.4. The average Bonchev–Trinajstić information content (AvgIpc) is 3.05. The maximum Gasteiger partial charge on any atom is 0.231 e. The standard InChI is InChI=1S/C16H26N4O2S/c1-6-7-10(2)14-18-19-15(23-14)17-13(22)11-8-12(21)20(9-11)16(3,4)5/h10-11H,6-9H2,1-5H3,(H,17,19,22). The lowest BCUT2D eigenvalue weighted by molar-refractivity contribution is -0.131. The second-order valence-corrected chi connectivity index (χ2v) is 8.21. The van der Waals surface area contributed by atoms with Gasteiger partial charge in [0.2, 0.25) is 16.9 Å². The molecule has 2 rings (SSSR count). The van der Waals surface area contributed by atoms with Gasteiger partial charge in [0.05, 0.1) is 5.92 Å². The Morgan fingerprint density at radius 2 is 2.13 bits per heavy atom. The SMILES string of the molecule is CCCC(C)c1nnc(NC(=O)C2CC(=O)N(C(C)(C)C)C2)s1. The van der Waals surface area contributed by atoms with Crippen molar-refractivity contribution in [3.05, 3.63) is 5.01 Å². The summed E-state index contributed by atoms with van der Waals surface area (Å²) in [4.78, 5) is 26.2. The van der Waals surface area contributed by atoms with Gasteiger partial charge in [-0.3, -0.25) is 9.59 Å². The van der Waals surface area contributed by atoms with Crippen LogP contribution in [0.5, 0.6) is 0 Å². The molecule has 1 N–H and O–H groups in total. The van der Waals surface area contributed by atoms with E-state index in [0.29, 0.717) is 17.6 Å². The molecule has 1 saturated heterocycles. The number of carbonyl (C=O) groups excluding carboxylic acids is 2. The first-order valence-corrected chi connectivity index (χ1v) is 8.98. The summed E-state index contributed by atoms with van der Waals surface area (Å²) in [6, 6.07) is 0.